The quantitative estimate of drug-likeness (QED) is 0.761. The fraction of sp³-hybridized carbons (Fsp3) is 0.789. The molecule has 7 heteroatoms. The van der Waals surface area contributed by atoms with Crippen molar-refractivity contribution in [3.05, 3.63) is 17.5 Å². The minimum Gasteiger partial charge on any atom is -0.444 e. The number of ether oxygens (including phenoxy) is 1. The number of aryl methyl sites for hydroxylation is 1. The van der Waals surface area contributed by atoms with Crippen molar-refractivity contribution in [3.63, 3.8) is 0 Å². The average molecular weight is 369 g/mol. The number of aromatic nitrogens is 2. The van der Waals surface area contributed by atoms with Gasteiger partial charge in [0.25, 0.3) is 0 Å². The van der Waals surface area contributed by atoms with Gasteiger partial charge in [0.1, 0.15) is 5.60 Å². The van der Waals surface area contributed by atoms with Gasteiger partial charge in [0.05, 0.1) is 11.7 Å². The molecule has 1 aliphatic heterocycles. The standard InChI is InChI=1S/C19H29F2N3O2/c1-13-11-16(24(22-13)15-5-8-19(20,21)12-15)14-6-9-23(10-7-14)17(25)26-18(2,3)4/h11,14-15H,5-10,12H2,1-4H3. The van der Waals surface area contributed by atoms with E-state index in [1.165, 1.54) is 0 Å². The number of amides is 1. The Morgan fingerprint density at radius 2 is 1.92 bits per heavy atom. The number of likely N-dealkylation sites (tertiary alicyclic amines) is 1. The van der Waals surface area contributed by atoms with Crippen LogP contribution in [0.2, 0.25) is 0 Å². The maximum Gasteiger partial charge on any atom is 0.410 e. The number of halogens is 2. The van der Waals surface area contributed by atoms with Crippen molar-refractivity contribution in [3.8, 4) is 0 Å². The van der Waals surface area contributed by atoms with Gasteiger partial charge in [-0.2, -0.15) is 5.10 Å². The molecular formula is C19H29F2N3O2. The van der Waals surface area contributed by atoms with E-state index in [1.54, 1.807) is 4.90 Å². The third kappa shape index (κ3) is 4.35. The third-order valence-corrected chi connectivity index (χ3v) is 5.18. The maximum absolute atomic E-state index is 13.6. The topological polar surface area (TPSA) is 47.4 Å². The normalized spacial score (nSPS) is 24.1. The van der Waals surface area contributed by atoms with Gasteiger partial charge in [-0.1, -0.05) is 0 Å². The summed E-state index contributed by atoms with van der Waals surface area (Å²) in [5.41, 5.74) is 1.40. The molecule has 1 saturated heterocycles. The van der Waals surface area contributed by atoms with Gasteiger partial charge in [0, 0.05) is 37.5 Å². The fourth-order valence-corrected chi connectivity index (χ4v) is 3.95. The molecule has 0 bridgehead atoms. The first-order valence-corrected chi connectivity index (χ1v) is 9.46. The summed E-state index contributed by atoms with van der Waals surface area (Å²) in [4.78, 5) is 13.9. The number of rotatable bonds is 2. The number of alkyl halides is 2. The first-order chi connectivity index (χ1) is 12.0. The highest BCUT2D eigenvalue weighted by Gasteiger charge is 2.42. The Hall–Kier alpha value is -1.66. The van der Waals surface area contributed by atoms with E-state index >= 15 is 0 Å². The molecule has 1 aromatic heterocycles. The summed E-state index contributed by atoms with van der Waals surface area (Å²) in [6.45, 7) is 8.71. The van der Waals surface area contributed by atoms with Crippen LogP contribution >= 0.6 is 0 Å². The summed E-state index contributed by atoms with van der Waals surface area (Å²) in [6, 6.07) is 1.79. The van der Waals surface area contributed by atoms with Crippen LogP contribution in [0, 0.1) is 6.92 Å². The number of carbonyl (C=O) groups is 1. The second-order valence-corrected chi connectivity index (χ2v) is 8.65. The molecule has 1 unspecified atom stereocenters. The molecule has 0 aromatic carbocycles. The Kier molecular flexibility index (Phi) is 5.01. The first kappa shape index (κ1) is 19.1. The SMILES string of the molecule is Cc1cc(C2CCN(C(=O)OC(C)(C)C)CC2)n(C2CCC(F)(F)C2)n1. The molecule has 0 N–H and O–H groups in total. The number of hydrogen-bond donors (Lipinski definition) is 0. The zero-order valence-corrected chi connectivity index (χ0v) is 16.1. The Morgan fingerprint density at radius 1 is 1.27 bits per heavy atom. The molecule has 5 nitrogen and oxygen atoms in total. The van der Waals surface area contributed by atoms with Crippen molar-refractivity contribution in [1.29, 1.82) is 0 Å². The summed E-state index contributed by atoms with van der Waals surface area (Å²) in [5.74, 6) is -2.34. The van der Waals surface area contributed by atoms with Crippen LogP contribution < -0.4 is 0 Å². The van der Waals surface area contributed by atoms with E-state index in [0.717, 1.165) is 24.2 Å². The number of carbonyl (C=O) groups excluding carboxylic acids is 1. The molecule has 1 atom stereocenters. The van der Waals surface area contributed by atoms with E-state index in [0.29, 0.717) is 19.5 Å². The van der Waals surface area contributed by atoms with Crippen molar-refractivity contribution in [2.45, 2.75) is 83.3 Å². The summed E-state index contributed by atoms with van der Waals surface area (Å²) >= 11 is 0. The molecule has 26 heavy (non-hydrogen) atoms. The minimum atomic E-state index is -2.58. The first-order valence-electron chi connectivity index (χ1n) is 9.46. The van der Waals surface area contributed by atoms with Crippen LogP contribution in [0.25, 0.3) is 0 Å². The van der Waals surface area contributed by atoms with Crippen LogP contribution in [0.4, 0.5) is 13.6 Å². The van der Waals surface area contributed by atoms with Gasteiger partial charge in [-0.3, -0.25) is 4.68 Å². The fourth-order valence-electron chi connectivity index (χ4n) is 3.95. The zero-order chi connectivity index (χ0) is 19.1. The number of nitrogens with zero attached hydrogens (tertiary/aromatic N) is 3. The summed E-state index contributed by atoms with van der Waals surface area (Å²) in [7, 11) is 0. The predicted molar refractivity (Wildman–Crippen MR) is 94.6 cm³/mol. The van der Waals surface area contributed by atoms with Crippen molar-refractivity contribution < 1.29 is 18.3 Å². The van der Waals surface area contributed by atoms with E-state index in [9.17, 15) is 13.6 Å². The molecular weight excluding hydrogens is 340 g/mol. The molecule has 146 valence electrons. The molecule has 1 amide bonds. The van der Waals surface area contributed by atoms with E-state index in [-0.39, 0.29) is 30.9 Å². The van der Waals surface area contributed by atoms with E-state index in [1.807, 2.05) is 38.4 Å². The van der Waals surface area contributed by atoms with Gasteiger partial charge >= 0.3 is 6.09 Å². The van der Waals surface area contributed by atoms with Gasteiger partial charge in [-0.15, -0.1) is 0 Å². The highest BCUT2D eigenvalue weighted by Crippen LogP contribution is 2.43. The highest BCUT2D eigenvalue weighted by atomic mass is 19.3. The Balaban J connectivity index is 1.66. The predicted octanol–water partition coefficient (Wildman–Crippen LogP) is 4.67. The van der Waals surface area contributed by atoms with E-state index in [2.05, 4.69) is 5.10 Å². The Labute approximate surface area is 153 Å². The van der Waals surface area contributed by atoms with Crippen molar-refractivity contribution in [2.75, 3.05) is 13.1 Å². The van der Waals surface area contributed by atoms with Crippen LogP contribution in [0.3, 0.4) is 0 Å². The van der Waals surface area contributed by atoms with Gasteiger partial charge in [-0.25, -0.2) is 13.6 Å². The van der Waals surface area contributed by atoms with Gasteiger partial charge in [0.15, 0.2) is 0 Å². The molecule has 2 heterocycles. The van der Waals surface area contributed by atoms with Crippen LogP contribution in [0.15, 0.2) is 6.07 Å². The summed E-state index contributed by atoms with van der Waals surface area (Å²) in [6.07, 6.45) is 1.60. The van der Waals surface area contributed by atoms with Crippen molar-refractivity contribution >= 4 is 6.09 Å². The Morgan fingerprint density at radius 3 is 2.46 bits per heavy atom. The lowest BCUT2D eigenvalue weighted by molar-refractivity contribution is 0.00476. The molecule has 1 saturated carbocycles. The molecule has 3 rings (SSSR count). The lowest BCUT2D eigenvalue weighted by Gasteiger charge is -2.34. The lowest BCUT2D eigenvalue weighted by Crippen LogP contribution is -2.41. The lowest BCUT2D eigenvalue weighted by atomic mass is 9.93. The summed E-state index contributed by atoms with van der Waals surface area (Å²) < 4.78 is 34.5. The van der Waals surface area contributed by atoms with Crippen molar-refractivity contribution in [2.24, 2.45) is 0 Å². The van der Waals surface area contributed by atoms with Crippen molar-refractivity contribution in [1.82, 2.24) is 14.7 Å². The molecule has 0 radical (unpaired) electrons. The molecule has 1 aliphatic carbocycles. The van der Waals surface area contributed by atoms with E-state index in [4.69, 9.17) is 4.74 Å². The smallest absolute Gasteiger partial charge is 0.410 e. The maximum atomic E-state index is 13.6. The number of piperidine rings is 1. The molecule has 0 spiro atoms. The second kappa shape index (κ2) is 6.82. The minimum absolute atomic E-state index is 0.0624. The number of hydrogen-bond acceptors (Lipinski definition) is 3. The second-order valence-electron chi connectivity index (χ2n) is 8.65. The monoisotopic (exact) mass is 369 g/mol. The van der Waals surface area contributed by atoms with Gasteiger partial charge in [-0.05, 0) is 53.0 Å². The van der Waals surface area contributed by atoms with E-state index < -0.39 is 11.5 Å². The third-order valence-electron chi connectivity index (χ3n) is 5.18. The van der Waals surface area contributed by atoms with Gasteiger partial charge in [0.2, 0.25) is 5.92 Å². The van der Waals surface area contributed by atoms with Crippen LogP contribution in [-0.2, 0) is 4.74 Å². The average Bonchev–Trinajstić information content (AvgIpc) is 3.08. The van der Waals surface area contributed by atoms with Gasteiger partial charge < -0.3 is 9.64 Å². The largest absolute Gasteiger partial charge is 0.444 e. The highest BCUT2D eigenvalue weighted by molar-refractivity contribution is 5.68. The zero-order valence-electron chi connectivity index (χ0n) is 16.1. The summed E-state index contributed by atoms with van der Waals surface area (Å²) in [5, 5.41) is 4.51. The van der Waals surface area contributed by atoms with Crippen LogP contribution in [0.5, 0.6) is 0 Å². The molecule has 1 aromatic rings. The molecule has 2 aliphatic rings. The Bertz CT molecular complexity index is 658. The van der Waals surface area contributed by atoms with Crippen LogP contribution in [-0.4, -0.2) is 45.4 Å². The molecule has 2 fully saturated rings. The van der Waals surface area contributed by atoms with Crippen LogP contribution in [0.1, 0.15) is 76.2 Å².